The van der Waals surface area contributed by atoms with E-state index in [1.165, 1.54) is 9.21 Å². The third-order valence-corrected chi connectivity index (χ3v) is 10.2. The SMILES string of the molecule is Cc1cc(C#N)ccc1C1CCN(S(=O)(=O)CC2(C(=O)O)C[C@H]3CN(C(=O)N(C)C)C[C@@H]3C2)CC1. The zero-order valence-corrected chi connectivity index (χ0v) is 21.4. The zero-order valence-electron chi connectivity index (χ0n) is 20.6. The number of aliphatic carboxylic acids is 1. The van der Waals surface area contributed by atoms with E-state index in [1.807, 2.05) is 19.1 Å². The summed E-state index contributed by atoms with van der Waals surface area (Å²) in [6.07, 6.45) is 1.90. The molecule has 1 aliphatic carbocycles. The number of nitrogens with zero attached hydrogens (tertiary/aromatic N) is 4. The predicted molar refractivity (Wildman–Crippen MR) is 130 cm³/mol. The van der Waals surface area contributed by atoms with Crippen molar-refractivity contribution in [3.63, 3.8) is 0 Å². The van der Waals surface area contributed by atoms with Gasteiger partial charge >= 0.3 is 12.0 Å². The summed E-state index contributed by atoms with van der Waals surface area (Å²) in [5, 5.41) is 19.2. The molecule has 35 heavy (non-hydrogen) atoms. The summed E-state index contributed by atoms with van der Waals surface area (Å²) in [5.41, 5.74) is 1.49. The van der Waals surface area contributed by atoms with Gasteiger partial charge in [-0.1, -0.05) is 6.07 Å². The fourth-order valence-electron chi connectivity index (χ4n) is 6.37. The van der Waals surface area contributed by atoms with Gasteiger partial charge in [0.05, 0.1) is 22.8 Å². The minimum atomic E-state index is -3.75. The maximum absolute atomic E-state index is 13.4. The molecule has 3 aliphatic rings. The number of sulfonamides is 1. The molecule has 1 N–H and O–H groups in total. The van der Waals surface area contributed by atoms with E-state index < -0.39 is 21.4 Å². The summed E-state index contributed by atoms with van der Waals surface area (Å²) in [4.78, 5) is 27.9. The van der Waals surface area contributed by atoms with Gasteiger partial charge in [-0.15, -0.1) is 0 Å². The summed E-state index contributed by atoms with van der Waals surface area (Å²) in [5.74, 6) is -1.20. The molecule has 1 aromatic carbocycles. The molecule has 4 rings (SSSR count). The Morgan fingerprint density at radius 1 is 1.17 bits per heavy atom. The minimum Gasteiger partial charge on any atom is -0.481 e. The van der Waals surface area contributed by atoms with Crippen molar-refractivity contribution in [2.75, 3.05) is 46.0 Å². The van der Waals surface area contributed by atoms with Crippen LogP contribution in [0.15, 0.2) is 18.2 Å². The van der Waals surface area contributed by atoms with Crippen molar-refractivity contribution in [2.45, 2.75) is 38.5 Å². The van der Waals surface area contributed by atoms with Crippen molar-refractivity contribution in [1.29, 1.82) is 5.26 Å². The first-order chi connectivity index (χ1) is 16.5. The Morgan fingerprint density at radius 3 is 2.26 bits per heavy atom. The molecule has 0 aromatic heterocycles. The molecule has 2 heterocycles. The molecule has 2 aliphatic heterocycles. The van der Waals surface area contributed by atoms with Crippen molar-refractivity contribution in [1.82, 2.24) is 14.1 Å². The number of fused-ring (bicyclic) bond motifs is 1. The van der Waals surface area contributed by atoms with Crippen LogP contribution in [0.25, 0.3) is 0 Å². The van der Waals surface area contributed by atoms with E-state index in [0.29, 0.717) is 44.6 Å². The largest absolute Gasteiger partial charge is 0.481 e. The third-order valence-electron chi connectivity index (χ3n) is 8.13. The normalized spacial score (nSPS) is 24.7. The van der Waals surface area contributed by atoms with Crippen LogP contribution in [0.3, 0.4) is 0 Å². The Labute approximate surface area is 207 Å². The number of piperidine rings is 1. The van der Waals surface area contributed by atoms with Gasteiger partial charge in [0.25, 0.3) is 0 Å². The van der Waals surface area contributed by atoms with Crippen molar-refractivity contribution in [3.05, 3.63) is 34.9 Å². The van der Waals surface area contributed by atoms with Crippen LogP contribution < -0.4 is 0 Å². The van der Waals surface area contributed by atoms with Gasteiger partial charge in [0.1, 0.15) is 0 Å². The highest BCUT2D eigenvalue weighted by Crippen LogP contribution is 2.50. The average Bonchev–Trinajstić information content (AvgIpc) is 3.35. The zero-order chi connectivity index (χ0) is 25.5. The maximum Gasteiger partial charge on any atom is 0.319 e. The number of rotatable bonds is 5. The Bertz CT molecular complexity index is 1140. The van der Waals surface area contributed by atoms with Gasteiger partial charge in [-0.25, -0.2) is 17.5 Å². The van der Waals surface area contributed by atoms with E-state index in [2.05, 4.69) is 6.07 Å². The standard InChI is InChI=1S/C25H34N4O5S/c1-17-10-18(13-26)4-5-22(17)19-6-8-29(9-7-19)35(33,34)16-25(23(30)31)11-20-14-28(15-21(20)12-25)24(32)27(2)3/h4-5,10,19-21H,6-9,11-12,14-16H2,1-3H3,(H,30,31)/t20-,21-/m0/s1. The molecule has 0 unspecified atom stereocenters. The number of carbonyl (C=O) groups excluding carboxylic acids is 1. The minimum absolute atomic E-state index is 0.00953. The van der Waals surface area contributed by atoms with Crippen LogP contribution in [0.4, 0.5) is 4.79 Å². The molecule has 2 amide bonds. The Hall–Kier alpha value is -2.64. The van der Waals surface area contributed by atoms with Crippen molar-refractivity contribution < 1.29 is 23.1 Å². The molecular formula is C25H34N4O5S. The predicted octanol–water partition coefficient (Wildman–Crippen LogP) is 2.47. The smallest absolute Gasteiger partial charge is 0.319 e. The average molecular weight is 503 g/mol. The van der Waals surface area contributed by atoms with Crippen molar-refractivity contribution >= 4 is 22.0 Å². The van der Waals surface area contributed by atoms with E-state index in [0.717, 1.165) is 11.1 Å². The lowest BCUT2D eigenvalue weighted by atomic mass is 9.87. The van der Waals surface area contributed by atoms with Gasteiger partial charge in [-0.3, -0.25) is 4.79 Å². The quantitative estimate of drug-likeness (QED) is 0.660. The van der Waals surface area contributed by atoms with Gasteiger partial charge in [0.15, 0.2) is 0 Å². The second-order valence-corrected chi connectivity index (χ2v) is 12.7. The van der Waals surface area contributed by atoms with Gasteiger partial charge in [-0.05, 0) is 73.6 Å². The number of urea groups is 1. The highest BCUT2D eigenvalue weighted by atomic mass is 32.2. The second-order valence-electron chi connectivity index (χ2n) is 10.7. The molecule has 10 heteroatoms. The number of hydrogen-bond acceptors (Lipinski definition) is 5. The first-order valence-corrected chi connectivity index (χ1v) is 13.7. The van der Waals surface area contributed by atoms with Gasteiger partial charge in [-0.2, -0.15) is 5.26 Å². The highest BCUT2D eigenvalue weighted by molar-refractivity contribution is 7.89. The summed E-state index contributed by atoms with van der Waals surface area (Å²) in [6.45, 7) is 3.65. The Kier molecular flexibility index (Phi) is 6.86. The van der Waals surface area contributed by atoms with Crippen LogP contribution in [-0.2, 0) is 14.8 Å². The van der Waals surface area contributed by atoms with E-state index in [4.69, 9.17) is 5.26 Å². The van der Waals surface area contributed by atoms with E-state index >= 15 is 0 Å². The highest BCUT2D eigenvalue weighted by Gasteiger charge is 2.56. The second kappa shape index (κ2) is 9.43. The fraction of sp³-hybridized carbons (Fsp3) is 0.640. The van der Waals surface area contributed by atoms with Gasteiger partial charge in [0.2, 0.25) is 10.0 Å². The summed E-state index contributed by atoms with van der Waals surface area (Å²) in [7, 11) is -0.368. The van der Waals surface area contributed by atoms with Crippen LogP contribution in [0.2, 0.25) is 0 Å². The van der Waals surface area contributed by atoms with Crippen LogP contribution >= 0.6 is 0 Å². The summed E-state index contributed by atoms with van der Waals surface area (Å²) < 4.78 is 28.2. The number of aryl methyl sites for hydroxylation is 1. The van der Waals surface area contributed by atoms with Crippen molar-refractivity contribution in [2.24, 2.45) is 17.3 Å². The number of amides is 2. The van der Waals surface area contributed by atoms with Gasteiger partial charge < -0.3 is 14.9 Å². The molecule has 0 spiro atoms. The Balaban J connectivity index is 1.41. The maximum atomic E-state index is 13.4. The summed E-state index contributed by atoms with van der Waals surface area (Å²) >= 11 is 0. The molecule has 2 saturated heterocycles. The number of carboxylic acids is 1. The fourth-order valence-corrected chi connectivity index (χ4v) is 8.38. The third kappa shape index (κ3) is 4.89. The van der Waals surface area contributed by atoms with Crippen LogP contribution in [0.1, 0.15) is 48.3 Å². The lowest BCUT2D eigenvalue weighted by molar-refractivity contribution is -0.147. The molecule has 190 valence electrons. The topological polar surface area (TPSA) is 122 Å². The Morgan fingerprint density at radius 2 is 1.77 bits per heavy atom. The van der Waals surface area contributed by atoms with E-state index in [9.17, 15) is 23.1 Å². The molecule has 0 bridgehead atoms. The molecule has 1 aromatic rings. The lowest BCUT2D eigenvalue weighted by Crippen LogP contribution is -2.46. The van der Waals surface area contributed by atoms with Crippen molar-refractivity contribution in [3.8, 4) is 6.07 Å². The van der Waals surface area contributed by atoms with Gasteiger partial charge in [0, 0.05) is 40.3 Å². The van der Waals surface area contributed by atoms with Crippen LogP contribution in [-0.4, -0.2) is 85.7 Å². The summed E-state index contributed by atoms with van der Waals surface area (Å²) in [6, 6.07) is 7.67. The number of likely N-dealkylation sites (tertiary alicyclic amines) is 1. The molecule has 3 fully saturated rings. The number of carboxylic acid groups (broad SMARTS) is 1. The number of benzene rings is 1. The molecule has 2 atom stereocenters. The van der Waals surface area contributed by atoms with Crippen LogP contribution in [0, 0.1) is 35.5 Å². The molecular weight excluding hydrogens is 468 g/mol. The molecule has 1 saturated carbocycles. The van der Waals surface area contributed by atoms with Crippen LogP contribution in [0.5, 0.6) is 0 Å². The number of carbonyl (C=O) groups is 2. The monoisotopic (exact) mass is 502 g/mol. The first-order valence-electron chi connectivity index (χ1n) is 12.1. The number of nitriles is 1. The first kappa shape index (κ1) is 25.5. The lowest BCUT2D eigenvalue weighted by Gasteiger charge is -2.35. The molecule has 0 radical (unpaired) electrons. The molecule has 9 nitrogen and oxygen atoms in total. The van der Waals surface area contributed by atoms with E-state index in [-0.39, 0.29) is 42.4 Å². The number of hydrogen-bond donors (Lipinski definition) is 1. The van der Waals surface area contributed by atoms with E-state index in [1.54, 1.807) is 25.1 Å².